The van der Waals surface area contributed by atoms with Crippen LogP contribution in [-0.2, 0) is 4.79 Å². The maximum Gasteiger partial charge on any atom is 0.230 e. The van der Waals surface area contributed by atoms with E-state index in [2.05, 4.69) is 29.4 Å². The fourth-order valence-electron chi connectivity index (χ4n) is 1.76. The summed E-state index contributed by atoms with van der Waals surface area (Å²) in [4.78, 5) is 17.4. The van der Waals surface area contributed by atoms with Gasteiger partial charge in [0.15, 0.2) is 5.13 Å². The topological polar surface area (TPSA) is 68.0 Å². The number of nitrogens with zero attached hydrogens (tertiary/aromatic N) is 1. The summed E-state index contributed by atoms with van der Waals surface area (Å²) in [6, 6.07) is 8.21. The quantitative estimate of drug-likeness (QED) is 0.909. The molecule has 5 heteroatoms. The molecule has 0 aliphatic heterocycles. The van der Waals surface area contributed by atoms with Crippen molar-refractivity contribution in [2.75, 3.05) is 11.9 Å². The van der Waals surface area contributed by atoms with Crippen molar-refractivity contribution in [2.24, 2.45) is 11.7 Å². The average Bonchev–Trinajstić information content (AvgIpc) is 2.79. The van der Waals surface area contributed by atoms with Gasteiger partial charge in [0.05, 0.1) is 5.69 Å². The molecule has 0 radical (unpaired) electrons. The van der Waals surface area contributed by atoms with E-state index in [0.29, 0.717) is 11.7 Å². The normalized spacial score (nSPS) is 12.2. The Bertz CT molecular complexity index is 604. The van der Waals surface area contributed by atoms with Crippen LogP contribution in [0.3, 0.4) is 0 Å². The summed E-state index contributed by atoms with van der Waals surface area (Å²) in [6.45, 7) is 6.20. The van der Waals surface area contributed by atoms with Crippen LogP contribution in [0.2, 0.25) is 0 Å². The van der Waals surface area contributed by atoms with Crippen molar-refractivity contribution in [1.82, 2.24) is 4.98 Å². The third-order valence-corrected chi connectivity index (χ3v) is 4.04. The Morgan fingerprint density at radius 1 is 1.35 bits per heavy atom. The second-order valence-corrected chi connectivity index (χ2v) is 6.12. The van der Waals surface area contributed by atoms with Crippen LogP contribution in [0.1, 0.15) is 17.4 Å². The minimum Gasteiger partial charge on any atom is -0.330 e. The van der Waals surface area contributed by atoms with Crippen molar-refractivity contribution in [1.29, 1.82) is 0 Å². The number of amides is 1. The molecule has 106 valence electrons. The lowest BCUT2D eigenvalue weighted by atomic mass is 10.1. The van der Waals surface area contributed by atoms with Crippen LogP contribution in [0.4, 0.5) is 5.13 Å². The second kappa shape index (κ2) is 6.15. The van der Waals surface area contributed by atoms with Crippen LogP contribution >= 0.6 is 11.3 Å². The number of hydrogen-bond donors (Lipinski definition) is 2. The molecule has 0 saturated carbocycles. The number of hydrogen-bond acceptors (Lipinski definition) is 4. The van der Waals surface area contributed by atoms with Gasteiger partial charge in [-0.25, -0.2) is 4.98 Å². The molecule has 20 heavy (non-hydrogen) atoms. The molecule has 3 N–H and O–H groups in total. The monoisotopic (exact) mass is 289 g/mol. The molecule has 0 bridgehead atoms. The van der Waals surface area contributed by atoms with Crippen LogP contribution in [0.5, 0.6) is 0 Å². The third-order valence-electron chi connectivity index (χ3n) is 3.15. The van der Waals surface area contributed by atoms with E-state index in [1.165, 1.54) is 16.9 Å². The zero-order valence-corrected chi connectivity index (χ0v) is 12.8. The zero-order valence-electron chi connectivity index (χ0n) is 11.9. The first kappa shape index (κ1) is 14.7. The van der Waals surface area contributed by atoms with Gasteiger partial charge in [0, 0.05) is 22.9 Å². The van der Waals surface area contributed by atoms with Crippen LogP contribution in [-0.4, -0.2) is 17.4 Å². The van der Waals surface area contributed by atoms with Gasteiger partial charge in [-0.3, -0.25) is 4.79 Å². The minimum atomic E-state index is -0.206. The predicted molar refractivity (Wildman–Crippen MR) is 83.9 cm³/mol. The Kier molecular flexibility index (Phi) is 4.52. The Hall–Kier alpha value is -1.72. The summed E-state index contributed by atoms with van der Waals surface area (Å²) in [6.07, 6.45) is 0. The number of aryl methyl sites for hydroxylation is 2. The summed E-state index contributed by atoms with van der Waals surface area (Å²) in [7, 11) is 0. The molecule has 0 spiro atoms. The molecule has 0 aliphatic carbocycles. The molecule has 2 aromatic rings. The number of rotatable bonds is 4. The molecular weight excluding hydrogens is 270 g/mol. The first-order valence-corrected chi connectivity index (χ1v) is 7.38. The predicted octanol–water partition coefficient (Wildman–Crippen LogP) is 2.96. The number of anilines is 1. The lowest BCUT2D eigenvalue weighted by Crippen LogP contribution is -2.26. The number of carbonyl (C=O) groups excluding carboxylic acids is 1. The lowest BCUT2D eigenvalue weighted by molar-refractivity contribution is -0.119. The van der Waals surface area contributed by atoms with E-state index in [1.807, 2.05) is 19.1 Å². The van der Waals surface area contributed by atoms with Crippen LogP contribution in [0.15, 0.2) is 24.3 Å². The molecule has 1 amide bonds. The van der Waals surface area contributed by atoms with Crippen LogP contribution in [0.25, 0.3) is 11.3 Å². The van der Waals surface area contributed by atoms with Gasteiger partial charge in [-0.1, -0.05) is 36.8 Å². The van der Waals surface area contributed by atoms with Crippen molar-refractivity contribution < 1.29 is 4.79 Å². The number of aromatic nitrogens is 1. The van der Waals surface area contributed by atoms with Gasteiger partial charge in [-0.05, 0) is 13.8 Å². The fourth-order valence-corrected chi connectivity index (χ4v) is 2.60. The number of carbonyl (C=O) groups is 1. The largest absolute Gasteiger partial charge is 0.330 e. The second-order valence-electron chi connectivity index (χ2n) is 4.92. The Morgan fingerprint density at radius 3 is 2.60 bits per heavy atom. The SMILES string of the molecule is Cc1ccc(-c2nc(NC(=O)C(C)CN)sc2C)cc1. The Balaban J connectivity index is 2.21. The van der Waals surface area contributed by atoms with Gasteiger partial charge >= 0.3 is 0 Å². The number of thiazole rings is 1. The van der Waals surface area contributed by atoms with Crippen molar-refractivity contribution in [3.05, 3.63) is 34.7 Å². The van der Waals surface area contributed by atoms with Gasteiger partial charge in [-0.2, -0.15) is 0 Å². The Morgan fingerprint density at radius 2 is 2.00 bits per heavy atom. The van der Waals surface area contributed by atoms with Crippen molar-refractivity contribution in [3.8, 4) is 11.3 Å². The summed E-state index contributed by atoms with van der Waals surface area (Å²) in [5.74, 6) is -0.293. The number of nitrogens with one attached hydrogen (secondary N) is 1. The molecule has 0 aliphatic rings. The van der Waals surface area contributed by atoms with E-state index in [9.17, 15) is 4.79 Å². The molecule has 1 unspecified atom stereocenters. The molecule has 2 rings (SSSR count). The van der Waals surface area contributed by atoms with E-state index in [1.54, 1.807) is 6.92 Å². The first-order chi connectivity index (χ1) is 9.51. The molecule has 0 saturated heterocycles. The maximum absolute atomic E-state index is 11.8. The number of nitrogens with two attached hydrogens (primary N) is 1. The molecule has 1 aromatic carbocycles. The zero-order chi connectivity index (χ0) is 14.7. The van der Waals surface area contributed by atoms with Gasteiger partial charge < -0.3 is 11.1 Å². The van der Waals surface area contributed by atoms with Gasteiger partial charge in [0.25, 0.3) is 0 Å². The van der Waals surface area contributed by atoms with E-state index in [-0.39, 0.29) is 11.8 Å². The van der Waals surface area contributed by atoms with Gasteiger partial charge in [-0.15, -0.1) is 11.3 Å². The van der Waals surface area contributed by atoms with Gasteiger partial charge in [0.2, 0.25) is 5.91 Å². The molecule has 1 aromatic heterocycles. The maximum atomic E-state index is 11.8. The number of benzene rings is 1. The highest BCUT2D eigenvalue weighted by Gasteiger charge is 2.15. The molecule has 1 heterocycles. The summed E-state index contributed by atoms with van der Waals surface area (Å²) in [5.41, 5.74) is 8.69. The highest BCUT2D eigenvalue weighted by atomic mass is 32.1. The molecule has 0 fully saturated rings. The van der Waals surface area contributed by atoms with Crippen molar-refractivity contribution in [2.45, 2.75) is 20.8 Å². The first-order valence-electron chi connectivity index (χ1n) is 6.56. The van der Waals surface area contributed by atoms with E-state index in [0.717, 1.165) is 16.1 Å². The third kappa shape index (κ3) is 3.23. The van der Waals surface area contributed by atoms with Crippen LogP contribution in [0, 0.1) is 19.8 Å². The van der Waals surface area contributed by atoms with E-state index < -0.39 is 0 Å². The van der Waals surface area contributed by atoms with E-state index >= 15 is 0 Å². The molecule has 4 nitrogen and oxygen atoms in total. The smallest absolute Gasteiger partial charge is 0.230 e. The summed E-state index contributed by atoms with van der Waals surface area (Å²) in [5, 5.41) is 3.45. The highest BCUT2D eigenvalue weighted by Crippen LogP contribution is 2.30. The van der Waals surface area contributed by atoms with Crippen molar-refractivity contribution in [3.63, 3.8) is 0 Å². The standard InChI is InChI=1S/C15H19N3OS/c1-9-4-6-12(7-5-9)13-11(3)20-15(17-13)18-14(19)10(2)8-16/h4-7,10H,8,16H2,1-3H3,(H,17,18,19). The Labute approximate surface area is 123 Å². The average molecular weight is 289 g/mol. The highest BCUT2D eigenvalue weighted by molar-refractivity contribution is 7.16. The molecular formula is C15H19N3OS. The van der Waals surface area contributed by atoms with Crippen LogP contribution < -0.4 is 11.1 Å². The minimum absolute atomic E-state index is 0.0864. The summed E-state index contributed by atoms with van der Waals surface area (Å²) < 4.78 is 0. The lowest BCUT2D eigenvalue weighted by Gasteiger charge is -2.06. The van der Waals surface area contributed by atoms with E-state index in [4.69, 9.17) is 5.73 Å². The molecule has 1 atom stereocenters. The van der Waals surface area contributed by atoms with Gasteiger partial charge in [0.1, 0.15) is 0 Å². The summed E-state index contributed by atoms with van der Waals surface area (Å²) >= 11 is 1.49. The fraction of sp³-hybridized carbons (Fsp3) is 0.333. The van der Waals surface area contributed by atoms with Crippen molar-refractivity contribution >= 4 is 22.4 Å².